The van der Waals surface area contributed by atoms with Crippen molar-refractivity contribution in [2.24, 2.45) is 5.84 Å². The fraction of sp³-hybridized carbons (Fsp3) is 0.800. The molecule has 0 bridgehead atoms. The third-order valence-electron chi connectivity index (χ3n) is 1.50. The molecule has 0 aromatic rings. The summed E-state index contributed by atoms with van der Waals surface area (Å²) in [7, 11) is 0. The molecule has 0 spiro atoms. The first kappa shape index (κ1) is 7.30. The van der Waals surface area contributed by atoms with Crippen molar-refractivity contribution in [2.75, 3.05) is 13.1 Å². The van der Waals surface area contributed by atoms with Crippen LogP contribution in [0.2, 0.25) is 0 Å². The van der Waals surface area contributed by atoms with Crippen LogP contribution in [-0.4, -0.2) is 24.1 Å². The van der Waals surface area contributed by atoms with Gasteiger partial charge in [-0.1, -0.05) is 0 Å². The van der Waals surface area contributed by atoms with E-state index < -0.39 is 0 Å². The maximum atomic E-state index is 10.6. The quantitative estimate of drug-likeness (QED) is 0.255. The summed E-state index contributed by atoms with van der Waals surface area (Å²) in [6, 6.07) is -0.345. The lowest BCUT2D eigenvalue weighted by Gasteiger charge is -2.14. The number of carbonyl (C=O) groups is 1. The van der Waals surface area contributed by atoms with Crippen LogP contribution in [0.15, 0.2) is 0 Å². The van der Waals surface area contributed by atoms with Crippen LogP contribution >= 0.6 is 0 Å². The maximum Gasteiger partial charge on any atom is 0.343 e. The first-order valence-corrected chi connectivity index (χ1v) is 3.35. The van der Waals surface area contributed by atoms with Crippen LogP contribution in [0.3, 0.4) is 0 Å². The van der Waals surface area contributed by atoms with Gasteiger partial charge in [-0.05, 0) is 12.8 Å². The molecule has 1 rings (SSSR count). The van der Waals surface area contributed by atoms with E-state index in [9.17, 15) is 4.79 Å². The highest BCUT2D eigenvalue weighted by atomic mass is 16.2. The van der Waals surface area contributed by atoms with Gasteiger partial charge in [-0.3, -0.25) is 10.9 Å². The van der Waals surface area contributed by atoms with E-state index in [-0.39, 0.29) is 6.03 Å². The Bertz CT molecular complexity index is 121. The predicted octanol–water partition coefficient (Wildman–Crippen LogP) is -0.830. The van der Waals surface area contributed by atoms with E-state index in [1.54, 1.807) is 0 Å². The van der Waals surface area contributed by atoms with Crippen molar-refractivity contribution in [1.29, 1.82) is 0 Å². The summed E-state index contributed by atoms with van der Waals surface area (Å²) in [6.45, 7) is 1.85. The Morgan fingerprint density at radius 1 is 1.40 bits per heavy atom. The van der Waals surface area contributed by atoms with Gasteiger partial charge >= 0.3 is 6.03 Å². The molecular weight excluding hydrogens is 132 g/mol. The summed E-state index contributed by atoms with van der Waals surface area (Å²) in [5.41, 5.74) is 4.59. The van der Waals surface area contributed by atoms with Crippen LogP contribution in [0.5, 0.6) is 0 Å². The van der Waals surface area contributed by atoms with Crippen molar-refractivity contribution < 1.29 is 4.79 Å². The number of rotatable bonds is 1. The molecule has 0 aromatic carbocycles. The SMILES string of the molecule is NNC(=O)NN1CCCC1. The predicted molar refractivity (Wildman–Crippen MR) is 36.7 cm³/mol. The Hall–Kier alpha value is -0.810. The van der Waals surface area contributed by atoms with E-state index in [0.717, 1.165) is 25.9 Å². The average Bonchev–Trinajstić information content (AvgIpc) is 2.40. The minimum absolute atomic E-state index is 0.345. The Morgan fingerprint density at radius 2 is 2.00 bits per heavy atom. The molecule has 58 valence electrons. The molecule has 0 unspecified atom stereocenters. The minimum atomic E-state index is -0.345. The molecule has 2 amide bonds. The molecule has 0 aliphatic carbocycles. The maximum absolute atomic E-state index is 10.6. The van der Waals surface area contributed by atoms with Crippen molar-refractivity contribution in [3.05, 3.63) is 0 Å². The zero-order valence-corrected chi connectivity index (χ0v) is 5.76. The normalized spacial score (nSPS) is 18.9. The highest BCUT2D eigenvalue weighted by molar-refractivity contribution is 5.72. The van der Waals surface area contributed by atoms with Gasteiger partial charge in [-0.2, -0.15) is 0 Å². The number of hydrogen-bond donors (Lipinski definition) is 3. The van der Waals surface area contributed by atoms with E-state index in [2.05, 4.69) is 5.43 Å². The Balaban J connectivity index is 2.17. The minimum Gasteiger partial charge on any atom is -0.275 e. The molecular formula is C5H12N4O. The molecule has 1 aliphatic rings. The second-order valence-corrected chi connectivity index (χ2v) is 2.28. The standard InChI is InChI=1S/C5H12N4O/c6-7-5(10)8-9-3-1-2-4-9/h1-4,6H2,(H2,7,8,10). The van der Waals surface area contributed by atoms with Crippen molar-refractivity contribution >= 4 is 6.03 Å². The van der Waals surface area contributed by atoms with Gasteiger partial charge in [0.05, 0.1) is 0 Å². The number of carbonyl (C=O) groups excluding carboxylic acids is 1. The lowest BCUT2D eigenvalue weighted by molar-refractivity contribution is 0.198. The van der Waals surface area contributed by atoms with Gasteiger partial charge in [0.2, 0.25) is 0 Å². The van der Waals surface area contributed by atoms with Crippen LogP contribution in [0.25, 0.3) is 0 Å². The molecule has 1 fully saturated rings. The fourth-order valence-corrected chi connectivity index (χ4v) is 1.00. The lowest BCUT2D eigenvalue weighted by atomic mass is 10.4. The van der Waals surface area contributed by atoms with Gasteiger partial charge in [0.1, 0.15) is 0 Å². The highest BCUT2D eigenvalue weighted by Crippen LogP contribution is 2.02. The lowest BCUT2D eigenvalue weighted by Crippen LogP contribution is -2.48. The summed E-state index contributed by atoms with van der Waals surface area (Å²) >= 11 is 0. The third kappa shape index (κ3) is 1.85. The molecule has 0 atom stereocenters. The fourth-order valence-electron chi connectivity index (χ4n) is 1.00. The van der Waals surface area contributed by atoms with Gasteiger partial charge in [-0.25, -0.2) is 15.6 Å². The van der Waals surface area contributed by atoms with Crippen LogP contribution in [0, 0.1) is 0 Å². The second kappa shape index (κ2) is 3.38. The van der Waals surface area contributed by atoms with Gasteiger partial charge in [0.15, 0.2) is 0 Å². The molecule has 1 saturated heterocycles. The van der Waals surface area contributed by atoms with Crippen LogP contribution in [0.4, 0.5) is 4.79 Å². The second-order valence-electron chi connectivity index (χ2n) is 2.28. The summed E-state index contributed by atoms with van der Waals surface area (Å²) < 4.78 is 0. The smallest absolute Gasteiger partial charge is 0.275 e. The Morgan fingerprint density at radius 3 is 2.50 bits per heavy atom. The van der Waals surface area contributed by atoms with Gasteiger partial charge in [0, 0.05) is 13.1 Å². The molecule has 10 heavy (non-hydrogen) atoms. The van der Waals surface area contributed by atoms with E-state index >= 15 is 0 Å². The summed E-state index contributed by atoms with van der Waals surface area (Å²) in [5.74, 6) is 4.86. The van der Waals surface area contributed by atoms with Crippen LogP contribution in [0.1, 0.15) is 12.8 Å². The molecule has 0 saturated carbocycles. The van der Waals surface area contributed by atoms with Crippen molar-refractivity contribution in [1.82, 2.24) is 15.9 Å². The topological polar surface area (TPSA) is 70.4 Å². The summed E-state index contributed by atoms with van der Waals surface area (Å²) in [6.07, 6.45) is 2.29. The van der Waals surface area contributed by atoms with Gasteiger partial charge in [0.25, 0.3) is 0 Å². The van der Waals surface area contributed by atoms with E-state index in [4.69, 9.17) is 5.84 Å². The summed E-state index contributed by atoms with van der Waals surface area (Å²) in [5, 5.41) is 1.85. The molecule has 0 aromatic heterocycles. The number of hydrogen-bond acceptors (Lipinski definition) is 3. The third-order valence-corrected chi connectivity index (χ3v) is 1.50. The number of amides is 2. The molecule has 5 nitrogen and oxygen atoms in total. The number of nitrogens with zero attached hydrogens (tertiary/aromatic N) is 1. The highest BCUT2D eigenvalue weighted by Gasteiger charge is 2.12. The first-order valence-electron chi connectivity index (χ1n) is 3.35. The molecule has 1 heterocycles. The molecule has 5 heteroatoms. The zero-order valence-electron chi connectivity index (χ0n) is 5.76. The van der Waals surface area contributed by atoms with E-state index in [1.165, 1.54) is 0 Å². The monoisotopic (exact) mass is 144 g/mol. The number of hydrazine groups is 2. The van der Waals surface area contributed by atoms with Crippen LogP contribution in [-0.2, 0) is 0 Å². The zero-order chi connectivity index (χ0) is 7.40. The molecule has 1 aliphatic heterocycles. The van der Waals surface area contributed by atoms with Crippen molar-refractivity contribution in [3.63, 3.8) is 0 Å². The van der Waals surface area contributed by atoms with Crippen molar-refractivity contribution in [3.8, 4) is 0 Å². The van der Waals surface area contributed by atoms with Crippen molar-refractivity contribution in [2.45, 2.75) is 12.8 Å². The molecule has 0 radical (unpaired) electrons. The number of urea groups is 1. The number of nitrogens with one attached hydrogen (secondary N) is 2. The average molecular weight is 144 g/mol. The largest absolute Gasteiger partial charge is 0.343 e. The number of nitrogens with two attached hydrogens (primary N) is 1. The Labute approximate surface area is 59.5 Å². The van der Waals surface area contributed by atoms with Crippen LogP contribution < -0.4 is 16.7 Å². The van der Waals surface area contributed by atoms with Gasteiger partial charge in [-0.15, -0.1) is 0 Å². The van der Waals surface area contributed by atoms with E-state index in [1.807, 2.05) is 10.4 Å². The first-order chi connectivity index (χ1) is 4.83. The Kier molecular flexibility index (Phi) is 2.47. The van der Waals surface area contributed by atoms with E-state index in [0.29, 0.717) is 0 Å². The molecule has 4 N–H and O–H groups in total. The van der Waals surface area contributed by atoms with Gasteiger partial charge < -0.3 is 0 Å². The summed E-state index contributed by atoms with van der Waals surface area (Å²) in [4.78, 5) is 10.6.